The number of carbonyl (C=O) groups is 10. The number of carboxylic acids is 1. The summed E-state index contributed by atoms with van der Waals surface area (Å²) < 4.78 is 83.2. The first-order valence-electron chi connectivity index (χ1n) is 38.9. The molecule has 0 saturated carbocycles. The SMILES string of the molecule is C=CCOC(=O)N[C@@H](CCCCNC(=O)CCOCCOCCOCCOCCOCCOCCOCCOC)C(=O)NCCC(=O)Nc1cc(COC(=O)Nc2ccc(NC(=O)c3cc(NC(=O)CCCOc4cc5c(cc4OC)C(=O)N4CCCC[C@H]4C(O)N5C(=O)OCC=C)cn3C)cc2)ccc1O[C@@H]1O[C@H](C(=O)O)[C@@H](O)[C@H](O)[C@H]1O. The maximum Gasteiger partial charge on any atom is 0.416 e. The van der Waals surface area contributed by atoms with Crippen LogP contribution in [0.4, 0.5) is 42.8 Å². The number of aryl methyl sites for hydroxylation is 1. The summed E-state index contributed by atoms with van der Waals surface area (Å²) in [4.78, 5) is 134. The predicted molar refractivity (Wildman–Crippen MR) is 424 cm³/mol. The Morgan fingerprint density at radius 2 is 1.21 bits per heavy atom. The summed E-state index contributed by atoms with van der Waals surface area (Å²) in [6, 6.07) is 12.4. The Kier molecular flexibility index (Phi) is 42.0. The molecule has 0 spiro atoms. The Hall–Kier alpha value is -10.6. The van der Waals surface area contributed by atoms with Gasteiger partial charge >= 0.3 is 24.2 Å². The van der Waals surface area contributed by atoms with Crippen LogP contribution in [0.5, 0.6) is 17.2 Å². The van der Waals surface area contributed by atoms with E-state index in [-0.39, 0.29) is 129 Å². The molecule has 0 radical (unpaired) electrons. The number of rotatable bonds is 54. The number of aromatic nitrogens is 1. The van der Waals surface area contributed by atoms with Crippen molar-refractivity contribution in [2.45, 2.75) is 120 Å². The molecule has 40 nitrogen and oxygen atoms in total. The number of benzene rings is 3. The highest BCUT2D eigenvalue weighted by atomic mass is 16.7. The van der Waals surface area contributed by atoms with Crippen LogP contribution in [0.1, 0.15) is 90.6 Å². The van der Waals surface area contributed by atoms with Crippen molar-refractivity contribution in [2.75, 3.05) is 179 Å². The number of carbonyl (C=O) groups excluding carboxylic acids is 9. The number of aliphatic hydroxyl groups excluding tert-OH is 4. The molecule has 12 N–H and O–H groups in total. The van der Waals surface area contributed by atoms with Gasteiger partial charge in [0.25, 0.3) is 11.8 Å². The van der Waals surface area contributed by atoms with Crippen molar-refractivity contribution in [3.63, 3.8) is 0 Å². The molecule has 40 heteroatoms. The Morgan fingerprint density at radius 3 is 1.84 bits per heavy atom. The van der Waals surface area contributed by atoms with Gasteiger partial charge in [0.15, 0.2) is 23.8 Å². The van der Waals surface area contributed by atoms with Gasteiger partial charge in [-0.15, -0.1) is 0 Å². The molecule has 1 aromatic heterocycles. The molecule has 3 aliphatic heterocycles. The zero-order valence-electron chi connectivity index (χ0n) is 66.9. The van der Waals surface area contributed by atoms with Gasteiger partial charge in [-0.25, -0.2) is 24.1 Å². The number of methoxy groups -OCH3 is 2. The zero-order valence-corrected chi connectivity index (χ0v) is 66.9. The fourth-order valence-corrected chi connectivity index (χ4v) is 12.1. The molecular weight excluding hydrogens is 1570 g/mol. The normalized spacial score (nSPS) is 17.7. The monoisotopic (exact) mass is 1680 g/mol. The second kappa shape index (κ2) is 52.4. The maximum atomic E-state index is 13.9. The third kappa shape index (κ3) is 32.2. The number of hydrogen-bond acceptors (Lipinski definition) is 29. The highest BCUT2D eigenvalue weighted by Gasteiger charge is 2.49. The van der Waals surface area contributed by atoms with Gasteiger partial charge < -0.3 is 138 Å². The molecule has 119 heavy (non-hydrogen) atoms. The average molecular weight is 1680 g/mol. The number of aliphatic hydroxyl groups is 4. The third-order valence-corrected chi connectivity index (χ3v) is 18.1. The summed E-state index contributed by atoms with van der Waals surface area (Å²) in [6.07, 6.45) is -7.38. The summed E-state index contributed by atoms with van der Waals surface area (Å²) in [5, 5.41) is 71.4. The molecule has 3 aromatic carbocycles. The Labute approximate surface area is 687 Å². The lowest BCUT2D eigenvalue weighted by Crippen LogP contribution is -2.61. The Bertz CT molecular complexity index is 3930. The first-order chi connectivity index (χ1) is 57.5. The summed E-state index contributed by atoms with van der Waals surface area (Å²) >= 11 is 0. The van der Waals surface area contributed by atoms with Crippen molar-refractivity contribution >= 4 is 88.1 Å². The van der Waals surface area contributed by atoms with Gasteiger partial charge in [0.05, 0.1) is 141 Å². The lowest BCUT2D eigenvalue weighted by molar-refractivity contribution is -0.271. The minimum atomic E-state index is -2.05. The summed E-state index contributed by atoms with van der Waals surface area (Å²) in [5.41, 5.74) is 1.29. The number of fused-ring (bicyclic) bond motifs is 2. The first kappa shape index (κ1) is 95.5. The predicted octanol–water partition coefficient (Wildman–Crippen LogP) is 3.72. The number of piperidine rings is 1. The van der Waals surface area contributed by atoms with Crippen molar-refractivity contribution in [2.24, 2.45) is 7.05 Å². The molecule has 3 aliphatic rings. The third-order valence-electron chi connectivity index (χ3n) is 18.1. The summed E-state index contributed by atoms with van der Waals surface area (Å²) in [7, 11) is 4.61. The van der Waals surface area contributed by atoms with Crippen LogP contribution in [0.2, 0.25) is 0 Å². The maximum absolute atomic E-state index is 13.9. The number of unbranched alkanes of at least 4 members (excludes halogenated alkanes) is 1. The largest absolute Gasteiger partial charge is 0.493 e. The summed E-state index contributed by atoms with van der Waals surface area (Å²) in [5.74, 6) is -4.67. The van der Waals surface area contributed by atoms with Crippen LogP contribution in [-0.2, 0) is 94.5 Å². The van der Waals surface area contributed by atoms with E-state index in [1.165, 1.54) is 84.5 Å². The topological polar surface area (TPSA) is 506 Å². The van der Waals surface area contributed by atoms with E-state index in [0.29, 0.717) is 123 Å². The van der Waals surface area contributed by atoms with E-state index in [1.54, 1.807) is 25.3 Å². The fraction of sp³-hybridized carbons (Fsp3) is 0.544. The number of ether oxygens (including phenoxy) is 15. The highest BCUT2D eigenvalue weighted by Crippen LogP contribution is 2.42. The number of anilines is 5. The molecule has 4 aromatic rings. The zero-order chi connectivity index (χ0) is 85.9. The molecule has 7 rings (SSSR count). The minimum Gasteiger partial charge on any atom is -0.493 e. The molecule has 2 fully saturated rings. The van der Waals surface area contributed by atoms with Crippen LogP contribution in [0.3, 0.4) is 0 Å². The van der Waals surface area contributed by atoms with Crippen molar-refractivity contribution in [3.8, 4) is 17.2 Å². The smallest absolute Gasteiger partial charge is 0.416 e. The van der Waals surface area contributed by atoms with Gasteiger partial charge in [0.2, 0.25) is 29.9 Å². The molecular formula is C79H110N10O30. The molecule has 0 aliphatic carbocycles. The Morgan fingerprint density at radius 1 is 0.588 bits per heavy atom. The van der Waals surface area contributed by atoms with E-state index in [2.05, 4.69) is 50.4 Å². The number of hydrogen-bond donors (Lipinski definition) is 12. The van der Waals surface area contributed by atoms with Crippen LogP contribution < -0.4 is 56.3 Å². The van der Waals surface area contributed by atoms with Gasteiger partial charge in [-0.1, -0.05) is 31.4 Å². The highest BCUT2D eigenvalue weighted by molar-refractivity contribution is 6.06. The number of aliphatic carboxylic acids is 1. The van der Waals surface area contributed by atoms with Crippen molar-refractivity contribution < 1.29 is 145 Å². The van der Waals surface area contributed by atoms with Crippen LogP contribution in [-0.4, -0.2) is 296 Å². The average Bonchev–Trinajstić information content (AvgIpc) is 1.62. The van der Waals surface area contributed by atoms with Crippen molar-refractivity contribution in [1.29, 1.82) is 0 Å². The lowest BCUT2D eigenvalue weighted by atomic mass is 9.99. The number of nitrogens with one attached hydrogen (secondary N) is 7. The van der Waals surface area contributed by atoms with Crippen LogP contribution in [0.25, 0.3) is 0 Å². The van der Waals surface area contributed by atoms with Crippen molar-refractivity contribution in [1.82, 2.24) is 25.4 Å². The first-order valence-corrected chi connectivity index (χ1v) is 38.9. The van der Waals surface area contributed by atoms with E-state index >= 15 is 0 Å². The van der Waals surface area contributed by atoms with Gasteiger partial charge in [0.1, 0.15) is 55.6 Å². The van der Waals surface area contributed by atoms with E-state index in [9.17, 15) is 73.5 Å². The quantitative estimate of drug-likeness (QED) is 0.0170. The van der Waals surface area contributed by atoms with Gasteiger partial charge in [0, 0.05) is 76.7 Å². The van der Waals surface area contributed by atoms with E-state index in [1.807, 2.05) is 0 Å². The van der Waals surface area contributed by atoms with E-state index in [0.717, 1.165) is 17.7 Å². The second-order valence-corrected chi connectivity index (χ2v) is 26.9. The molecule has 1 unspecified atom stereocenters. The number of nitrogens with zero attached hydrogens (tertiary/aromatic N) is 3. The lowest BCUT2D eigenvalue weighted by Gasteiger charge is -2.38. The minimum absolute atomic E-state index is 0.0107. The molecule has 9 amide bonds. The standard InChI is InChI=1S/C79H110N10O30/c1-6-27-115-78(103)86-56(13-8-10-24-80-64(90)23-30-107-33-34-109-37-38-111-41-42-113-44-43-112-40-39-110-36-35-108-32-31-105-4)71(96)81-25-22-66(92)85-57-45-51(16-21-61(57)118-76-69(95)67(93)68(94)70(119-76)75(100)101)50-117-77(102)84-53-19-17-52(18-20-53)83-72(97)60-46-54(49-87(60)3)82-65(91)15-12-29-114-63-48-59-55(47-62(63)106-5)73(98)88-26-11-9-14-58(88)74(99)89(59)79(104)116-28-7-2/h6-7,16-21,45-49,56,58,67-70,74,76,93-95,99H,1-2,8-15,22-44,50H2,3-5H3,(H,80,90)(H,81,96)(H,82,91)(H,83,97)(H,84,102)(H,85,92)(H,86,103)(H,100,101)/t56-,58-,67-,68-,69+,70-,74?,76+/m0/s1. The molecule has 8 atom stereocenters. The fourth-order valence-electron chi connectivity index (χ4n) is 12.1. The van der Waals surface area contributed by atoms with Gasteiger partial charge in [-0.05, 0) is 99.0 Å². The van der Waals surface area contributed by atoms with Gasteiger partial charge in [-0.3, -0.25) is 34.1 Å². The van der Waals surface area contributed by atoms with Crippen LogP contribution in [0.15, 0.2) is 92.2 Å². The van der Waals surface area contributed by atoms with Crippen LogP contribution in [0, 0.1) is 0 Å². The van der Waals surface area contributed by atoms with Crippen LogP contribution >= 0.6 is 0 Å². The number of carboxylic acid groups (broad SMARTS) is 1. The molecule has 656 valence electrons. The number of alkyl carbamates (subject to hydrolysis) is 1. The van der Waals surface area contributed by atoms with E-state index < -0.39 is 116 Å². The molecule has 4 heterocycles. The molecule has 2 saturated heterocycles. The van der Waals surface area contributed by atoms with E-state index in [4.69, 9.17) is 71.1 Å². The molecule has 0 bridgehead atoms. The van der Waals surface area contributed by atoms with Crippen molar-refractivity contribution in [3.05, 3.63) is 109 Å². The number of amides is 9. The summed E-state index contributed by atoms with van der Waals surface area (Å²) in [6.45, 7) is 12.7. The van der Waals surface area contributed by atoms with Gasteiger partial charge in [-0.2, -0.15) is 0 Å². The Balaban J connectivity index is 0.823. The second-order valence-electron chi connectivity index (χ2n) is 26.9.